The molecule has 22 heavy (non-hydrogen) atoms. The van der Waals surface area contributed by atoms with Gasteiger partial charge in [0.1, 0.15) is 11.5 Å². The lowest BCUT2D eigenvalue weighted by Gasteiger charge is -2.23. The molecule has 0 atom stereocenters. The Morgan fingerprint density at radius 3 is 2.41 bits per heavy atom. The number of halogens is 1. The number of ether oxygens (including phenoxy) is 2. The predicted molar refractivity (Wildman–Crippen MR) is 84.2 cm³/mol. The fourth-order valence-electron chi connectivity index (χ4n) is 1.85. The SMILES string of the molecule is COc1cc(C(C)(C)O)c(Oc2cnc(N)nc2N)cc1Cl. The Bertz CT molecular complexity index is 701. The number of hydrogen-bond donors (Lipinski definition) is 3. The highest BCUT2D eigenvalue weighted by atomic mass is 35.5. The van der Waals surface area contributed by atoms with Crippen LogP contribution in [0.15, 0.2) is 18.3 Å². The summed E-state index contributed by atoms with van der Waals surface area (Å²) in [6.45, 7) is 3.23. The molecule has 118 valence electrons. The summed E-state index contributed by atoms with van der Waals surface area (Å²) in [4.78, 5) is 7.64. The van der Waals surface area contributed by atoms with E-state index in [-0.39, 0.29) is 17.5 Å². The van der Waals surface area contributed by atoms with E-state index in [2.05, 4.69) is 9.97 Å². The maximum Gasteiger partial charge on any atom is 0.222 e. The third-order valence-corrected chi connectivity index (χ3v) is 3.23. The van der Waals surface area contributed by atoms with E-state index in [1.165, 1.54) is 19.4 Å². The molecule has 7 nitrogen and oxygen atoms in total. The van der Waals surface area contributed by atoms with Crippen LogP contribution in [0.1, 0.15) is 19.4 Å². The molecule has 1 aromatic carbocycles. The number of methoxy groups -OCH3 is 1. The monoisotopic (exact) mass is 324 g/mol. The smallest absolute Gasteiger partial charge is 0.222 e. The molecule has 2 rings (SSSR count). The van der Waals surface area contributed by atoms with Crippen molar-refractivity contribution in [2.24, 2.45) is 0 Å². The Kier molecular flexibility index (Phi) is 4.30. The number of aromatic nitrogens is 2. The minimum Gasteiger partial charge on any atom is -0.495 e. The molecule has 0 radical (unpaired) electrons. The normalized spacial score (nSPS) is 11.3. The van der Waals surface area contributed by atoms with E-state index in [9.17, 15) is 5.11 Å². The van der Waals surface area contributed by atoms with Crippen LogP contribution >= 0.6 is 11.6 Å². The highest BCUT2D eigenvalue weighted by Gasteiger charge is 2.24. The number of anilines is 2. The van der Waals surface area contributed by atoms with Gasteiger partial charge in [0.2, 0.25) is 5.95 Å². The highest BCUT2D eigenvalue weighted by Crippen LogP contribution is 2.40. The second-order valence-corrected chi connectivity index (χ2v) is 5.53. The maximum atomic E-state index is 10.3. The number of rotatable bonds is 4. The molecule has 5 N–H and O–H groups in total. The first-order chi connectivity index (χ1) is 10.2. The van der Waals surface area contributed by atoms with Gasteiger partial charge in [-0.2, -0.15) is 4.98 Å². The quantitative estimate of drug-likeness (QED) is 0.790. The van der Waals surface area contributed by atoms with Crippen molar-refractivity contribution in [1.29, 1.82) is 0 Å². The van der Waals surface area contributed by atoms with E-state index in [1.54, 1.807) is 19.9 Å². The zero-order chi connectivity index (χ0) is 16.5. The molecule has 8 heteroatoms. The number of nitrogens with zero attached hydrogens (tertiary/aromatic N) is 2. The molecule has 0 unspecified atom stereocenters. The third kappa shape index (κ3) is 3.32. The van der Waals surface area contributed by atoms with Crippen LogP contribution in [0.3, 0.4) is 0 Å². The molecule has 0 fully saturated rings. The van der Waals surface area contributed by atoms with Gasteiger partial charge in [-0.1, -0.05) is 11.6 Å². The molecule has 2 aromatic rings. The van der Waals surface area contributed by atoms with Gasteiger partial charge in [0.25, 0.3) is 0 Å². The lowest BCUT2D eigenvalue weighted by Crippen LogP contribution is -2.17. The lowest BCUT2D eigenvalue weighted by atomic mass is 9.97. The molecular formula is C14H17ClN4O3. The summed E-state index contributed by atoms with van der Waals surface area (Å²) < 4.78 is 10.9. The van der Waals surface area contributed by atoms with Gasteiger partial charge < -0.3 is 26.0 Å². The molecule has 0 bridgehead atoms. The Hall–Kier alpha value is -2.25. The number of nitrogens with two attached hydrogens (primary N) is 2. The zero-order valence-corrected chi connectivity index (χ0v) is 13.2. The first-order valence-electron chi connectivity index (χ1n) is 6.38. The van der Waals surface area contributed by atoms with Crippen molar-refractivity contribution in [2.45, 2.75) is 19.4 Å². The molecule has 1 aromatic heterocycles. The average molecular weight is 325 g/mol. The number of nitrogen functional groups attached to an aromatic ring is 2. The summed E-state index contributed by atoms with van der Waals surface area (Å²) in [7, 11) is 1.49. The highest BCUT2D eigenvalue weighted by molar-refractivity contribution is 6.32. The Balaban J connectivity index is 2.52. The Morgan fingerprint density at radius 1 is 1.18 bits per heavy atom. The summed E-state index contributed by atoms with van der Waals surface area (Å²) in [5.41, 5.74) is 10.5. The van der Waals surface area contributed by atoms with Gasteiger partial charge in [0.15, 0.2) is 11.6 Å². The number of hydrogen-bond acceptors (Lipinski definition) is 7. The molecule has 0 saturated heterocycles. The summed E-state index contributed by atoms with van der Waals surface area (Å²) in [5, 5.41) is 10.6. The van der Waals surface area contributed by atoms with E-state index in [0.717, 1.165) is 0 Å². The van der Waals surface area contributed by atoms with Crippen LogP contribution in [0, 0.1) is 0 Å². The average Bonchev–Trinajstić information content (AvgIpc) is 2.40. The second-order valence-electron chi connectivity index (χ2n) is 5.12. The van der Waals surface area contributed by atoms with Crippen molar-refractivity contribution in [3.63, 3.8) is 0 Å². The van der Waals surface area contributed by atoms with Gasteiger partial charge in [-0.25, -0.2) is 4.98 Å². The van der Waals surface area contributed by atoms with Crippen molar-refractivity contribution in [3.05, 3.63) is 28.9 Å². The predicted octanol–water partition coefficient (Wildman–Crippen LogP) is 2.32. The summed E-state index contributed by atoms with van der Waals surface area (Å²) >= 11 is 6.11. The van der Waals surface area contributed by atoms with Crippen LogP contribution in [-0.4, -0.2) is 22.2 Å². The molecule has 0 aliphatic heterocycles. The largest absolute Gasteiger partial charge is 0.495 e. The van der Waals surface area contributed by atoms with E-state index in [1.807, 2.05) is 0 Å². The summed E-state index contributed by atoms with van der Waals surface area (Å²) in [5.74, 6) is 1.08. The molecule has 0 spiro atoms. The molecule has 0 aliphatic rings. The first-order valence-corrected chi connectivity index (χ1v) is 6.76. The number of benzene rings is 1. The zero-order valence-electron chi connectivity index (χ0n) is 12.4. The van der Waals surface area contributed by atoms with E-state index >= 15 is 0 Å². The Labute approximate surface area is 132 Å². The van der Waals surface area contributed by atoms with Gasteiger partial charge >= 0.3 is 0 Å². The second kappa shape index (κ2) is 5.86. The fraction of sp³-hybridized carbons (Fsp3) is 0.286. The molecule has 0 amide bonds. The van der Waals surface area contributed by atoms with Crippen molar-refractivity contribution >= 4 is 23.4 Å². The van der Waals surface area contributed by atoms with Crippen molar-refractivity contribution in [3.8, 4) is 17.2 Å². The third-order valence-electron chi connectivity index (χ3n) is 2.93. The lowest BCUT2D eigenvalue weighted by molar-refractivity contribution is 0.0760. The van der Waals surface area contributed by atoms with Crippen molar-refractivity contribution in [1.82, 2.24) is 9.97 Å². The van der Waals surface area contributed by atoms with Crippen LogP contribution in [0.25, 0.3) is 0 Å². The van der Waals surface area contributed by atoms with Crippen LogP contribution in [0.4, 0.5) is 11.8 Å². The van der Waals surface area contributed by atoms with Gasteiger partial charge in [0.05, 0.1) is 23.9 Å². The Morgan fingerprint density at radius 2 is 1.86 bits per heavy atom. The van der Waals surface area contributed by atoms with Crippen LogP contribution in [0.5, 0.6) is 17.2 Å². The van der Waals surface area contributed by atoms with Crippen LogP contribution in [-0.2, 0) is 5.60 Å². The standard InChI is InChI=1S/C14H17ClN4O3/c1-14(2,20)7-4-10(21-3)8(15)5-9(7)22-11-6-18-13(17)19-12(11)16/h4-6,20H,1-3H3,(H4,16,17,18,19). The fourth-order valence-corrected chi connectivity index (χ4v) is 2.08. The van der Waals surface area contributed by atoms with Crippen LogP contribution < -0.4 is 20.9 Å². The van der Waals surface area contributed by atoms with E-state index in [4.69, 9.17) is 32.5 Å². The van der Waals surface area contributed by atoms with Gasteiger partial charge in [-0.05, 0) is 19.9 Å². The van der Waals surface area contributed by atoms with Crippen LogP contribution in [0.2, 0.25) is 5.02 Å². The van der Waals surface area contributed by atoms with E-state index in [0.29, 0.717) is 22.1 Å². The number of aliphatic hydroxyl groups is 1. The van der Waals surface area contributed by atoms with Gasteiger partial charge in [-0.3, -0.25) is 0 Å². The molecule has 0 saturated carbocycles. The molecule has 0 aliphatic carbocycles. The summed E-state index contributed by atoms with van der Waals surface area (Å²) in [6.07, 6.45) is 1.35. The first kappa shape index (κ1) is 16.1. The minimum absolute atomic E-state index is 0.0420. The minimum atomic E-state index is -1.18. The van der Waals surface area contributed by atoms with Gasteiger partial charge in [-0.15, -0.1) is 0 Å². The van der Waals surface area contributed by atoms with E-state index < -0.39 is 5.60 Å². The summed E-state index contributed by atoms with van der Waals surface area (Å²) in [6, 6.07) is 3.13. The molecular weight excluding hydrogens is 308 g/mol. The van der Waals surface area contributed by atoms with Gasteiger partial charge in [0, 0.05) is 11.6 Å². The maximum absolute atomic E-state index is 10.3. The molecule has 1 heterocycles. The van der Waals surface area contributed by atoms with Crippen molar-refractivity contribution in [2.75, 3.05) is 18.6 Å². The topological polar surface area (TPSA) is 117 Å². The van der Waals surface area contributed by atoms with Crippen molar-refractivity contribution < 1.29 is 14.6 Å².